The van der Waals surface area contributed by atoms with Gasteiger partial charge in [0, 0.05) is 10.8 Å². The van der Waals surface area contributed by atoms with Crippen LogP contribution in [0, 0.1) is 56.7 Å². The molecule has 0 aromatic heterocycles. The van der Waals surface area contributed by atoms with Crippen molar-refractivity contribution in [1.82, 2.24) is 0 Å². The van der Waals surface area contributed by atoms with E-state index in [1.165, 1.54) is 37.7 Å². The van der Waals surface area contributed by atoms with Gasteiger partial charge in [-0.3, -0.25) is 9.59 Å². The molecule has 0 bridgehead atoms. The van der Waals surface area contributed by atoms with Crippen LogP contribution in [-0.2, 0) is 19.1 Å². The summed E-state index contributed by atoms with van der Waals surface area (Å²) in [5, 5.41) is 0. The van der Waals surface area contributed by atoms with Crippen molar-refractivity contribution < 1.29 is 19.1 Å². The summed E-state index contributed by atoms with van der Waals surface area (Å²) in [7, 11) is 0. The van der Waals surface area contributed by atoms with Gasteiger partial charge in [0.2, 0.25) is 0 Å². The number of rotatable bonds is 6. The highest BCUT2D eigenvalue weighted by Gasteiger charge is 2.71. The Kier molecular flexibility index (Phi) is 8.08. The van der Waals surface area contributed by atoms with Gasteiger partial charge in [0.05, 0.1) is 6.61 Å². The van der Waals surface area contributed by atoms with E-state index in [9.17, 15) is 9.59 Å². The molecule has 0 aromatic carbocycles. The normalized spacial score (nSPS) is 47.1. The van der Waals surface area contributed by atoms with E-state index in [2.05, 4.69) is 48.1 Å². The zero-order valence-corrected chi connectivity index (χ0v) is 27.9. The van der Waals surface area contributed by atoms with Crippen LogP contribution in [0.4, 0.5) is 0 Å². The van der Waals surface area contributed by atoms with Gasteiger partial charge in [-0.05, 0) is 131 Å². The second kappa shape index (κ2) is 10.6. The lowest BCUT2D eigenvalue weighted by Gasteiger charge is -2.73. The van der Waals surface area contributed by atoms with Gasteiger partial charge < -0.3 is 20.9 Å². The van der Waals surface area contributed by atoms with Crippen LogP contribution in [0.25, 0.3) is 0 Å². The number of hydrogen-bond donors (Lipinski definition) is 2. The molecule has 42 heavy (non-hydrogen) atoms. The number of ether oxygens (including phenoxy) is 2. The number of esters is 2. The third-order valence-corrected chi connectivity index (χ3v) is 14.7. The monoisotopic (exact) mass is 584 g/mol. The summed E-state index contributed by atoms with van der Waals surface area (Å²) in [6.45, 7) is 23.2. The van der Waals surface area contributed by atoms with Crippen LogP contribution in [0.2, 0.25) is 0 Å². The van der Waals surface area contributed by atoms with Crippen LogP contribution in [-0.4, -0.2) is 36.7 Å². The van der Waals surface area contributed by atoms with Crippen molar-refractivity contribution in [2.24, 2.45) is 68.1 Å². The van der Waals surface area contributed by atoms with E-state index >= 15 is 0 Å². The van der Waals surface area contributed by atoms with Crippen LogP contribution in [0.1, 0.15) is 120 Å². The largest absolute Gasteiger partial charge is 0.464 e. The number of hydrogen-bond acceptors (Lipinski definition) is 6. The lowest BCUT2D eigenvalue weighted by molar-refractivity contribution is -0.252. The van der Waals surface area contributed by atoms with Crippen LogP contribution < -0.4 is 11.5 Å². The topological polar surface area (TPSA) is 105 Å². The molecule has 0 amide bonds. The standard InChI is InChI=1S/C36H60N2O4/c1-21(2)24-12-17-36(20-41-30(39)22(3)37)19-18-34(8)25(29(24)36)10-11-27-33(7)15-14-28(42-31(40)23(4)38)32(5,6)26(33)13-16-35(27,34)9/h22-29H,1,10-20,37-38H2,2-9H3/t22-,23-,24-,25+,26-,27+,28-,29+,33-,34+,35+,36+/m0/s1. The maximum Gasteiger partial charge on any atom is 0.322 e. The zero-order valence-electron chi connectivity index (χ0n) is 27.9. The molecule has 0 unspecified atom stereocenters. The van der Waals surface area contributed by atoms with Crippen molar-refractivity contribution >= 4 is 11.9 Å². The molecule has 5 aliphatic carbocycles. The average molecular weight is 585 g/mol. The molecular weight excluding hydrogens is 524 g/mol. The van der Waals surface area contributed by atoms with Crippen molar-refractivity contribution in [2.75, 3.05) is 6.61 Å². The Morgan fingerprint density at radius 1 is 0.810 bits per heavy atom. The van der Waals surface area contributed by atoms with Gasteiger partial charge in [0.25, 0.3) is 0 Å². The summed E-state index contributed by atoms with van der Waals surface area (Å²) in [5.74, 6) is 2.20. The first-order valence-electron chi connectivity index (χ1n) is 17.0. The molecule has 5 saturated carbocycles. The zero-order chi connectivity index (χ0) is 31.0. The van der Waals surface area contributed by atoms with Gasteiger partial charge in [0.1, 0.15) is 18.2 Å². The fourth-order valence-corrected chi connectivity index (χ4v) is 12.3. The number of nitrogens with two attached hydrogens (primary N) is 2. The quantitative estimate of drug-likeness (QED) is 0.263. The predicted molar refractivity (Wildman–Crippen MR) is 167 cm³/mol. The average Bonchev–Trinajstić information content (AvgIpc) is 3.29. The minimum absolute atomic E-state index is 0.0344. The van der Waals surface area contributed by atoms with E-state index in [-0.39, 0.29) is 45.1 Å². The molecule has 5 fully saturated rings. The Bertz CT molecular complexity index is 1100. The fraction of sp³-hybridized carbons (Fsp3) is 0.889. The number of carbonyl (C=O) groups is 2. The van der Waals surface area contributed by atoms with Gasteiger partial charge in [-0.2, -0.15) is 0 Å². The molecule has 5 aliphatic rings. The summed E-state index contributed by atoms with van der Waals surface area (Å²) in [6, 6.07) is -1.17. The highest BCUT2D eigenvalue weighted by atomic mass is 16.5. The molecule has 4 N–H and O–H groups in total. The molecule has 12 atom stereocenters. The Hall–Kier alpha value is -1.40. The van der Waals surface area contributed by atoms with Crippen LogP contribution in [0.15, 0.2) is 12.2 Å². The molecule has 5 rings (SSSR count). The van der Waals surface area contributed by atoms with Gasteiger partial charge >= 0.3 is 11.9 Å². The maximum atomic E-state index is 12.5. The SMILES string of the molecule is C=C(C)[C@@H]1CC[C@]2(COC(=O)[C@H](C)N)CC[C@]3(C)[C@H](CC[C@@H]4[C@@]5(C)CC[C@H](OC(=O)[C@H](C)N)C(C)(C)[C@@H]5CC[C@]43C)[C@@H]12. The highest BCUT2D eigenvalue weighted by Crippen LogP contribution is 2.77. The second-order valence-electron chi connectivity index (χ2n) is 17.0. The van der Waals surface area contributed by atoms with E-state index in [0.717, 1.165) is 32.1 Å². The predicted octanol–water partition coefficient (Wildman–Crippen LogP) is 6.79. The van der Waals surface area contributed by atoms with E-state index in [0.29, 0.717) is 36.2 Å². The summed E-state index contributed by atoms with van der Waals surface area (Å²) >= 11 is 0. The smallest absolute Gasteiger partial charge is 0.322 e. The minimum atomic E-state index is -0.585. The van der Waals surface area contributed by atoms with Crippen molar-refractivity contribution in [2.45, 2.75) is 138 Å². The fourth-order valence-electron chi connectivity index (χ4n) is 12.3. The molecule has 0 heterocycles. The third-order valence-electron chi connectivity index (χ3n) is 14.7. The molecular formula is C36H60N2O4. The Morgan fingerprint density at radius 3 is 2.10 bits per heavy atom. The van der Waals surface area contributed by atoms with Crippen molar-refractivity contribution in [1.29, 1.82) is 0 Å². The van der Waals surface area contributed by atoms with E-state index in [4.69, 9.17) is 20.9 Å². The summed E-state index contributed by atoms with van der Waals surface area (Å²) in [5.41, 5.74) is 13.7. The van der Waals surface area contributed by atoms with Crippen molar-refractivity contribution in [3.8, 4) is 0 Å². The first-order valence-corrected chi connectivity index (χ1v) is 17.0. The van der Waals surface area contributed by atoms with E-state index in [1.54, 1.807) is 13.8 Å². The van der Waals surface area contributed by atoms with Gasteiger partial charge in [0.15, 0.2) is 0 Å². The van der Waals surface area contributed by atoms with Crippen molar-refractivity contribution in [3.63, 3.8) is 0 Å². The van der Waals surface area contributed by atoms with Gasteiger partial charge in [-0.15, -0.1) is 0 Å². The first kappa shape index (κ1) is 32.0. The van der Waals surface area contributed by atoms with Crippen LogP contribution in [0.5, 0.6) is 0 Å². The number of allylic oxidation sites excluding steroid dienone is 1. The number of carbonyl (C=O) groups excluding carboxylic acids is 2. The molecule has 0 spiro atoms. The van der Waals surface area contributed by atoms with Crippen molar-refractivity contribution in [3.05, 3.63) is 12.2 Å². The van der Waals surface area contributed by atoms with Gasteiger partial charge in [-0.25, -0.2) is 0 Å². The summed E-state index contributed by atoms with van der Waals surface area (Å²) < 4.78 is 12.0. The Labute approximate surface area is 255 Å². The number of fused-ring (bicyclic) bond motifs is 7. The molecule has 0 aliphatic heterocycles. The summed E-state index contributed by atoms with van der Waals surface area (Å²) in [6.07, 6.45) is 11.4. The summed E-state index contributed by atoms with van der Waals surface area (Å²) in [4.78, 5) is 25.0. The lowest BCUT2D eigenvalue weighted by atomic mass is 9.32. The molecule has 6 nitrogen and oxygen atoms in total. The molecule has 238 valence electrons. The molecule has 0 saturated heterocycles. The molecule has 0 aromatic rings. The first-order chi connectivity index (χ1) is 19.4. The highest BCUT2D eigenvalue weighted by molar-refractivity contribution is 5.75. The lowest BCUT2D eigenvalue weighted by Crippen LogP contribution is -2.67. The molecule has 6 heteroatoms. The molecule has 0 radical (unpaired) electrons. The Morgan fingerprint density at radius 2 is 1.48 bits per heavy atom. The van der Waals surface area contributed by atoms with E-state index < -0.39 is 12.1 Å². The van der Waals surface area contributed by atoms with Crippen LogP contribution in [0.3, 0.4) is 0 Å². The van der Waals surface area contributed by atoms with Gasteiger partial charge in [-0.1, -0.05) is 46.8 Å². The van der Waals surface area contributed by atoms with E-state index in [1.807, 2.05) is 0 Å². The third kappa shape index (κ3) is 4.54. The van der Waals surface area contributed by atoms with Crippen LogP contribution >= 0.6 is 0 Å². The Balaban J connectivity index is 1.45. The minimum Gasteiger partial charge on any atom is -0.464 e. The second-order valence-corrected chi connectivity index (χ2v) is 17.0. The maximum absolute atomic E-state index is 12.5.